The number of carbonyl (C=O) groups is 3. The lowest BCUT2D eigenvalue weighted by molar-refractivity contribution is -0.119. The number of phenolic OH excluding ortho intramolecular Hbond substituents is 1. The van der Waals surface area contributed by atoms with E-state index in [-0.39, 0.29) is 29.0 Å². The van der Waals surface area contributed by atoms with Crippen molar-refractivity contribution >= 4 is 23.3 Å². The van der Waals surface area contributed by atoms with Gasteiger partial charge in [-0.1, -0.05) is 12.1 Å². The highest BCUT2D eigenvalue weighted by atomic mass is 16.4. The average Bonchev–Trinajstić information content (AvgIpc) is 2.54. The van der Waals surface area contributed by atoms with Crippen LogP contribution in [0.1, 0.15) is 33.2 Å². The molecule has 5 N–H and O–H groups in total. The first kappa shape index (κ1) is 18.0. The summed E-state index contributed by atoms with van der Waals surface area (Å²) in [6.45, 7) is 1.27. The number of nitrogens with two attached hydrogens (primary N) is 1. The van der Waals surface area contributed by atoms with Crippen molar-refractivity contribution < 1.29 is 24.6 Å². The summed E-state index contributed by atoms with van der Waals surface area (Å²) in [7, 11) is 0. The molecule has 7 heteroatoms. The normalized spacial score (nSPS) is 11.6. The molecule has 2 aromatic rings. The number of carboxylic acid groups (broad SMARTS) is 1. The van der Waals surface area contributed by atoms with Gasteiger partial charge >= 0.3 is 5.97 Å². The molecule has 0 aliphatic carbocycles. The van der Waals surface area contributed by atoms with E-state index in [9.17, 15) is 24.6 Å². The van der Waals surface area contributed by atoms with Gasteiger partial charge in [0.1, 0.15) is 5.75 Å². The van der Waals surface area contributed by atoms with Gasteiger partial charge in [-0.2, -0.15) is 0 Å². The van der Waals surface area contributed by atoms with Crippen LogP contribution in [0.2, 0.25) is 0 Å². The number of Topliss-reactive ketones (excluding diaryl/α,β-unsaturated/α-hetero) is 1. The molecule has 2 aromatic carbocycles. The van der Waals surface area contributed by atoms with E-state index < -0.39 is 23.7 Å². The van der Waals surface area contributed by atoms with Gasteiger partial charge < -0.3 is 21.3 Å². The number of aromatic carboxylic acids is 1. The van der Waals surface area contributed by atoms with Gasteiger partial charge in [0.05, 0.1) is 11.6 Å². The predicted octanol–water partition coefficient (Wildman–Crippen LogP) is 1.60. The lowest BCUT2D eigenvalue weighted by Gasteiger charge is -2.18. The number of hydrogen-bond donors (Lipinski definition) is 4. The summed E-state index contributed by atoms with van der Waals surface area (Å²) >= 11 is 0. The zero-order chi connectivity index (χ0) is 18.6. The number of aromatic hydroxyl groups is 1. The second-order valence-corrected chi connectivity index (χ2v) is 5.60. The summed E-state index contributed by atoms with van der Waals surface area (Å²) in [5, 5.41) is 21.2. The summed E-state index contributed by atoms with van der Waals surface area (Å²) in [5.41, 5.74) is 6.38. The molecule has 0 unspecified atom stereocenters. The first-order valence-corrected chi connectivity index (χ1v) is 7.50. The van der Waals surface area contributed by atoms with Crippen LogP contribution in [0.4, 0.5) is 5.69 Å². The molecule has 0 saturated carbocycles. The lowest BCUT2D eigenvalue weighted by Crippen LogP contribution is -2.41. The van der Waals surface area contributed by atoms with Crippen molar-refractivity contribution in [3.63, 3.8) is 0 Å². The van der Waals surface area contributed by atoms with Crippen LogP contribution in [-0.2, 0) is 11.2 Å². The molecule has 2 rings (SSSR count). The molecule has 0 heterocycles. The van der Waals surface area contributed by atoms with Gasteiger partial charge in [0.15, 0.2) is 5.78 Å². The number of anilines is 1. The second kappa shape index (κ2) is 7.48. The van der Waals surface area contributed by atoms with Crippen LogP contribution in [0.3, 0.4) is 0 Å². The molecule has 130 valence electrons. The molecule has 0 aromatic heterocycles. The Morgan fingerprint density at radius 3 is 2.28 bits per heavy atom. The molecule has 0 spiro atoms. The van der Waals surface area contributed by atoms with E-state index in [1.807, 2.05) is 0 Å². The van der Waals surface area contributed by atoms with Gasteiger partial charge in [0.2, 0.25) is 5.91 Å². The molecular weight excluding hydrogens is 324 g/mol. The third-order valence-corrected chi connectivity index (χ3v) is 3.61. The number of ketones is 1. The van der Waals surface area contributed by atoms with Gasteiger partial charge in [-0.15, -0.1) is 0 Å². The van der Waals surface area contributed by atoms with Crippen LogP contribution in [0.25, 0.3) is 0 Å². The van der Waals surface area contributed by atoms with Crippen LogP contribution < -0.4 is 11.1 Å². The fourth-order valence-electron chi connectivity index (χ4n) is 2.46. The standard InChI is InChI=1S/C18H18N2O5/c1-10(21)20-16(8-11-2-5-13(22)6-3-11)17(23)15-9-12(19)4-7-14(15)18(24)25/h2-7,9,16,22H,8,19H2,1H3,(H,20,21)(H,24,25)/t16-/m0/s1. The molecule has 0 saturated heterocycles. The smallest absolute Gasteiger partial charge is 0.336 e. The van der Waals surface area contributed by atoms with E-state index in [4.69, 9.17) is 5.73 Å². The Kier molecular flexibility index (Phi) is 5.38. The van der Waals surface area contributed by atoms with Crippen LogP contribution in [0, 0.1) is 0 Å². The molecule has 0 radical (unpaired) electrons. The minimum absolute atomic E-state index is 0.0648. The van der Waals surface area contributed by atoms with Gasteiger partial charge in [0.25, 0.3) is 0 Å². The molecule has 7 nitrogen and oxygen atoms in total. The van der Waals surface area contributed by atoms with Gasteiger partial charge in [-0.05, 0) is 35.9 Å². The van der Waals surface area contributed by atoms with Crippen LogP contribution >= 0.6 is 0 Å². The first-order chi connectivity index (χ1) is 11.8. The van der Waals surface area contributed by atoms with Crippen molar-refractivity contribution in [1.29, 1.82) is 0 Å². The Balaban J connectivity index is 2.39. The average molecular weight is 342 g/mol. The Bertz CT molecular complexity index is 815. The number of amides is 1. The Labute approximate surface area is 144 Å². The van der Waals surface area contributed by atoms with Crippen LogP contribution in [0.5, 0.6) is 5.75 Å². The summed E-state index contributed by atoms with van der Waals surface area (Å²) in [5.74, 6) is -2.14. The van der Waals surface area contributed by atoms with Gasteiger partial charge in [-0.3, -0.25) is 9.59 Å². The number of carbonyl (C=O) groups excluding carboxylic acids is 2. The number of hydrogen-bond acceptors (Lipinski definition) is 5. The number of carboxylic acids is 1. The molecule has 0 bridgehead atoms. The SMILES string of the molecule is CC(=O)N[C@@H](Cc1ccc(O)cc1)C(=O)c1cc(N)ccc1C(=O)O. The fourth-order valence-corrected chi connectivity index (χ4v) is 2.46. The van der Waals surface area contributed by atoms with Crippen molar-refractivity contribution in [3.05, 3.63) is 59.2 Å². The van der Waals surface area contributed by atoms with E-state index in [1.165, 1.54) is 37.3 Å². The third-order valence-electron chi connectivity index (χ3n) is 3.61. The predicted molar refractivity (Wildman–Crippen MR) is 91.6 cm³/mol. The van der Waals surface area contributed by atoms with E-state index in [2.05, 4.69) is 5.32 Å². The van der Waals surface area contributed by atoms with Gasteiger partial charge in [0, 0.05) is 24.6 Å². The second-order valence-electron chi connectivity index (χ2n) is 5.60. The van der Waals surface area contributed by atoms with Crippen LogP contribution in [0.15, 0.2) is 42.5 Å². The van der Waals surface area contributed by atoms with Crippen LogP contribution in [-0.4, -0.2) is 33.9 Å². The Hall–Kier alpha value is -3.35. The summed E-state index contributed by atoms with van der Waals surface area (Å²) in [4.78, 5) is 35.7. The highest BCUT2D eigenvalue weighted by molar-refractivity contribution is 6.09. The van der Waals surface area contributed by atoms with Gasteiger partial charge in [-0.25, -0.2) is 4.79 Å². The maximum Gasteiger partial charge on any atom is 0.336 e. The maximum absolute atomic E-state index is 12.8. The fraction of sp³-hybridized carbons (Fsp3) is 0.167. The lowest BCUT2D eigenvalue weighted by atomic mass is 9.94. The van der Waals surface area contributed by atoms with E-state index >= 15 is 0 Å². The molecule has 0 aliphatic heterocycles. The van der Waals surface area contributed by atoms with E-state index in [0.717, 1.165) is 0 Å². The zero-order valence-corrected chi connectivity index (χ0v) is 13.5. The molecule has 0 aliphatic rings. The number of rotatable bonds is 6. The maximum atomic E-state index is 12.8. The number of phenols is 1. The van der Waals surface area contributed by atoms with Crippen molar-refractivity contribution in [3.8, 4) is 5.75 Å². The van der Waals surface area contributed by atoms with Crippen molar-refractivity contribution in [2.75, 3.05) is 5.73 Å². The first-order valence-electron chi connectivity index (χ1n) is 7.50. The molecule has 0 fully saturated rings. The minimum Gasteiger partial charge on any atom is -0.508 e. The Morgan fingerprint density at radius 2 is 1.72 bits per heavy atom. The Morgan fingerprint density at radius 1 is 1.08 bits per heavy atom. The zero-order valence-electron chi connectivity index (χ0n) is 13.5. The largest absolute Gasteiger partial charge is 0.508 e. The highest BCUT2D eigenvalue weighted by Crippen LogP contribution is 2.18. The third kappa shape index (κ3) is 4.57. The quantitative estimate of drug-likeness (QED) is 0.466. The van der Waals surface area contributed by atoms with Crippen molar-refractivity contribution in [1.82, 2.24) is 5.32 Å². The molecule has 1 atom stereocenters. The van der Waals surface area contributed by atoms with Crippen molar-refractivity contribution in [2.24, 2.45) is 0 Å². The summed E-state index contributed by atoms with van der Waals surface area (Å²) in [6, 6.07) is 9.16. The monoisotopic (exact) mass is 342 g/mol. The summed E-state index contributed by atoms with van der Waals surface area (Å²) in [6.07, 6.45) is 0.145. The molecule has 25 heavy (non-hydrogen) atoms. The van der Waals surface area contributed by atoms with E-state index in [0.29, 0.717) is 5.56 Å². The molecular formula is C18H18N2O5. The number of nitrogen functional groups attached to an aromatic ring is 1. The molecule has 1 amide bonds. The topological polar surface area (TPSA) is 130 Å². The van der Waals surface area contributed by atoms with Crippen molar-refractivity contribution in [2.45, 2.75) is 19.4 Å². The van der Waals surface area contributed by atoms with E-state index in [1.54, 1.807) is 12.1 Å². The number of nitrogens with one attached hydrogen (secondary N) is 1. The highest BCUT2D eigenvalue weighted by Gasteiger charge is 2.26. The minimum atomic E-state index is -1.26. The summed E-state index contributed by atoms with van der Waals surface area (Å²) < 4.78 is 0. The number of benzene rings is 2.